The van der Waals surface area contributed by atoms with E-state index in [0.29, 0.717) is 18.1 Å². The fraction of sp³-hybridized carbons (Fsp3) is 0.409. The third-order valence-electron chi connectivity index (χ3n) is 5.44. The van der Waals surface area contributed by atoms with Crippen molar-refractivity contribution in [1.29, 1.82) is 0 Å². The minimum atomic E-state index is 0.0150. The van der Waals surface area contributed by atoms with Crippen LogP contribution in [0, 0.1) is 6.92 Å². The second kappa shape index (κ2) is 8.82. The SMILES string of the molecule is Cc1cc(N2CCN(C(=O)/C=C/c3ccccc3Cl)CC2)nc(N2CCCC2)n1. The van der Waals surface area contributed by atoms with Gasteiger partial charge in [-0.1, -0.05) is 29.8 Å². The van der Waals surface area contributed by atoms with Crippen molar-refractivity contribution in [2.45, 2.75) is 19.8 Å². The van der Waals surface area contributed by atoms with E-state index in [-0.39, 0.29) is 5.91 Å². The lowest BCUT2D eigenvalue weighted by Gasteiger charge is -2.35. The van der Waals surface area contributed by atoms with Gasteiger partial charge in [-0.3, -0.25) is 4.79 Å². The highest BCUT2D eigenvalue weighted by Gasteiger charge is 2.23. The molecular formula is C22H26ClN5O. The number of hydrogen-bond acceptors (Lipinski definition) is 5. The van der Waals surface area contributed by atoms with Crippen LogP contribution in [0.15, 0.2) is 36.4 Å². The highest BCUT2D eigenvalue weighted by molar-refractivity contribution is 6.32. The standard InChI is InChI=1S/C22H26ClN5O/c1-17-16-20(25-22(24-17)28-10-4-5-11-28)26-12-14-27(15-13-26)21(29)9-8-18-6-2-3-7-19(18)23/h2-3,6-9,16H,4-5,10-15H2,1H3/b9-8+. The Hall–Kier alpha value is -2.60. The van der Waals surface area contributed by atoms with Crippen LogP contribution in [-0.2, 0) is 4.79 Å². The third kappa shape index (κ3) is 4.70. The molecule has 2 fully saturated rings. The number of anilines is 2. The molecule has 0 radical (unpaired) electrons. The van der Waals surface area contributed by atoms with E-state index >= 15 is 0 Å². The second-order valence-electron chi connectivity index (χ2n) is 7.53. The van der Waals surface area contributed by atoms with Gasteiger partial charge >= 0.3 is 0 Å². The molecular weight excluding hydrogens is 386 g/mol. The van der Waals surface area contributed by atoms with Gasteiger partial charge < -0.3 is 14.7 Å². The molecule has 152 valence electrons. The number of nitrogens with zero attached hydrogens (tertiary/aromatic N) is 5. The normalized spacial score (nSPS) is 17.4. The van der Waals surface area contributed by atoms with Crippen LogP contribution in [0.2, 0.25) is 5.02 Å². The summed E-state index contributed by atoms with van der Waals surface area (Å²) in [4.78, 5) is 28.4. The Morgan fingerprint density at radius 1 is 1.00 bits per heavy atom. The molecule has 7 heteroatoms. The summed E-state index contributed by atoms with van der Waals surface area (Å²) in [6, 6.07) is 9.55. The Kier molecular flexibility index (Phi) is 6.00. The molecule has 3 heterocycles. The maximum atomic E-state index is 12.6. The topological polar surface area (TPSA) is 52.6 Å². The average molecular weight is 412 g/mol. The highest BCUT2D eigenvalue weighted by atomic mass is 35.5. The van der Waals surface area contributed by atoms with Gasteiger partial charge in [0, 0.05) is 62.1 Å². The Morgan fingerprint density at radius 2 is 1.72 bits per heavy atom. The first-order chi connectivity index (χ1) is 14.1. The quantitative estimate of drug-likeness (QED) is 0.722. The molecule has 2 aliphatic rings. The third-order valence-corrected chi connectivity index (χ3v) is 5.79. The molecule has 1 aromatic heterocycles. The minimum absolute atomic E-state index is 0.0150. The van der Waals surface area contributed by atoms with Crippen molar-refractivity contribution >= 4 is 35.4 Å². The van der Waals surface area contributed by atoms with Crippen molar-refractivity contribution in [1.82, 2.24) is 14.9 Å². The number of carbonyl (C=O) groups excluding carboxylic acids is 1. The molecule has 0 aliphatic carbocycles. The molecule has 2 saturated heterocycles. The number of halogens is 1. The van der Waals surface area contributed by atoms with E-state index in [1.54, 1.807) is 12.2 Å². The fourth-order valence-electron chi connectivity index (χ4n) is 3.79. The van der Waals surface area contributed by atoms with Crippen LogP contribution >= 0.6 is 11.6 Å². The molecule has 0 unspecified atom stereocenters. The van der Waals surface area contributed by atoms with Gasteiger partial charge in [-0.15, -0.1) is 0 Å². The van der Waals surface area contributed by atoms with E-state index < -0.39 is 0 Å². The summed E-state index contributed by atoms with van der Waals surface area (Å²) < 4.78 is 0. The number of carbonyl (C=O) groups is 1. The molecule has 1 amide bonds. The maximum Gasteiger partial charge on any atom is 0.246 e. The van der Waals surface area contributed by atoms with Gasteiger partial charge in [0.1, 0.15) is 5.82 Å². The summed E-state index contributed by atoms with van der Waals surface area (Å²) >= 11 is 6.15. The molecule has 2 aromatic rings. The lowest BCUT2D eigenvalue weighted by atomic mass is 10.2. The number of hydrogen-bond donors (Lipinski definition) is 0. The zero-order valence-corrected chi connectivity index (χ0v) is 17.5. The summed E-state index contributed by atoms with van der Waals surface area (Å²) in [5, 5.41) is 0.648. The van der Waals surface area contributed by atoms with Crippen LogP contribution in [0.1, 0.15) is 24.1 Å². The van der Waals surface area contributed by atoms with Gasteiger partial charge in [-0.25, -0.2) is 4.98 Å². The van der Waals surface area contributed by atoms with E-state index in [9.17, 15) is 4.79 Å². The van der Waals surface area contributed by atoms with Gasteiger partial charge in [0.2, 0.25) is 11.9 Å². The molecule has 0 bridgehead atoms. The molecule has 0 spiro atoms. The minimum Gasteiger partial charge on any atom is -0.353 e. The molecule has 4 rings (SSSR count). The zero-order valence-electron chi connectivity index (χ0n) is 16.7. The van der Waals surface area contributed by atoms with Crippen molar-refractivity contribution in [2.24, 2.45) is 0 Å². The monoisotopic (exact) mass is 411 g/mol. The molecule has 0 N–H and O–H groups in total. The predicted octanol–water partition coefficient (Wildman–Crippen LogP) is 3.40. The smallest absolute Gasteiger partial charge is 0.246 e. The molecule has 0 saturated carbocycles. The first kappa shape index (κ1) is 19.7. The van der Waals surface area contributed by atoms with Crippen LogP contribution in [0.3, 0.4) is 0 Å². The van der Waals surface area contributed by atoms with Crippen molar-refractivity contribution in [3.63, 3.8) is 0 Å². The van der Waals surface area contributed by atoms with Crippen LogP contribution in [0.5, 0.6) is 0 Å². The maximum absolute atomic E-state index is 12.6. The van der Waals surface area contributed by atoms with Crippen molar-refractivity contribution in [3.8, 4) is 0 Å². The fourth-order valence-corrected chi connectivity index (χ4v) is 3.99. The van der Waals surface area contributed by atoms with Gasteiger partial charge in [0.05, 0.1) is 0 Å². The predicted molar refractivity (Wildman–Crippen MR) is 117 cm³/mol. The summed E-state index contributed by atoms with van der Waals surface area (Å²) in [5.41, 5.74) is 1.84. The molecule has 6 nitrogen and oxygen atoms in total. The van der Waals surface area contributed by atoms with E-state index in [1.807, 2.05) is 42.2 Å². The lowest BCUT2D eigenvalue weighted by Crippen LogP contribution is -2.48. The van der Waals surface area contributed by atoms with Gasteiger partial charge in [-0.05, 0) is 37.5 Å². The number of piperazine rings is 1. The average Bonchev–Trinajstić information content (AvgIpc) is 3.28. The zero-order chi connectivity index (χ0) is 20.2. The Morgan fingerprint density at radius 3 is 2.45 bits per heavy atom. The number of aryl methyl sites for hydroxylation is 1. The Balaban J connectivity index is 1.38. The van der Waals surface area contributed by atoms with E-state index in [1.165, 1.54) is 12.8 Å². The van der Waals surface area contributed by atoms with Crippen LogP contribution in [-0.4, -0.2) is 60.0 Å². The molecule has 0 atom stereocenters. The number of benzene rings is 1. The first-order valence-electron chi connectivity index (χ1n) is 10.2. The van der Waals surface area contributed by atoms with E-state index in [2.05, 4.69) is 14.8 Å². The van der Waals surface area contributed by atoms with Crippen molar-refractivity contribution in [3.05, 3.63) is 52.7 Å². The Bertz CT molecular complexity index is 902. The lowest BCUT2D eigenvalue weighted by molar-refractivity contribution is -0.126. The summed E-state index contributed by atoms with van der Waals surface area (Å²) in [6.07, 6.45) is 5.80. The van der Waals surface area contributed by atoms with E-state index in [4.69, 9.17) is 16.6 Å². The van der Waals surface area contributed by atoms with Crippen LogP contribution < -0.4 is 9.80 Å². The second-order valence-corrected chi connectivity index (χ2v) is 7.94. The number of aromatic nitrogens is 2. The summed E-state index contributed by atoms with van der Waals surface area (Å²) in [7, 11) is 0. The largest absolute Gasteiger partial charge is 0.353 e. The summed E-state index contributed by atoms with van der Waals surface area (Å²) in [6.45, 7) is 6.96. The van der Waals surface area contributed by atoms with Crippen LogP contribution in [0.25, 0.3) is 6.08 Å². The van der Waals surface area contributed by atoms with Crippen molar-refractivity contribution < 1.29 is 4.79 Å². The van der Waals surface area contributed by atoms with Gasteiger partial charge in [-0.2, -0.15) is 4.98 Å². The Labute approximate surface area is 176 Å². The molecule has 2 aliphatic heterocycles. The van der Waals surface area contributed by atoms with E-state index in [0.717, 1.165) is 49.2 Å². The van der Waals surface area contributed by atoms with Gasteiger partial charge in [0.25, 0.3) is 0 Å². The summed E-state index contributed by atoms with van der Waals surface area (Å²) in [5.74, 6) is 1.80. The number of amides is 1. The van der Waals surface area contributed by atoms with Crippen molar-refractivity contribution in [2.75, 3.05) is 49.1 Å². The molecule has 1 aromatic carbocycles. The molecule has 29 heavy (non-hydrogen) atoms. The van der Waals surface area contributed by atoms with Gasteiger partial charge in [0.15, 0.2) is 0 Å². The highest BCUT2D eigenvalue weighted by Crippen LogP contribution is 2.22. The first-order valence-corrected chi connectivity index (χ1v) is 10.5. The van der Waals surface area contributed by atoms with Crippen LogP contribution in [0.4, 0.5) is 11.8 Å². The number of rotatable bonds is 4.